The minimum atomic E-state index is -0.0978. The largest absolute Gasteiger partial charge is 0.459 e. The van der Waals surface area contributed by atoms with Gasteiger partial charge in [-0.25, -0.2) is 0 Å². The van der Waals surface area contributed by atoms with Crippen LogP contribution in [0.4, 0.5) is 0 Å². The quantitative estimate of drug-likeness (QED) is 0.827. The van der Waals surface area contributed by atoms with Gasteiger partial charge in [-0.1, -0.05) is 12.8 Å². The monoisotopic (exact) mass is 207 g/mol. The van der Waals surface area contributed by atoms with Crippen molar-refractivity contribution >= 4 is 5.91 Å². The number of hydrogen-bond acceptors (Lipinski definition) is 2. The molecule has 2 rings (SSSR count). The first kappa shape index (κ1) is 10.3. The van der Waals surface area contributed by atoms with Crippen LogP contribution in [0.1, 0.15) is 43.2 Å². The summed E-state index contributed by atoms with van der Waals surface area (Å²) in [6.07, 6.45) is 6.59. The highest BCUT2D eigenvalue weighted by Crippen LogP contribution is 2.27. The summed E-state index contributed by atoms with van der Waals surface area (Å²) in [5.74, 6) is 0.947. The fourth-order valence-electron chi connectivity index (χ4n) is 2.26. The molecule has 15 heavy (non-hydrogen) atoms. The molecule has 1 saturated carbocycles. The molecule has 3 nitrogen and oxygen atoms in total. The Bertz CT molecular complexity index is 312. The summed E-state index contributed by atoms with van der Waals surface area (Å²) in [4.78, 5) is 11.7. The molecule has 1 amide bonds. The lowest BCUT2D eigenvalue weighted by molar-refractivity contribution is 0.0899. The number of carbonyl (C=O) groups is 1. The standard InChI is InChI=1S/C12H17NO2/c1-9(10-5-2-3-6-10)13-12(14)11-7-4-8-15-11/h4,7-10H,2-3,5-6H2,1H3,(H,13,14). The Morgan fingerprint density at radius 2 is 2.27 bits per heavy atom. The number of nitrogens with one attached hydrogen (secondary N) is 1. The Morgan fingerprint density at radius 3 is 2.87 bits per heavy atom. The third-order valence-corrected chi connectivity index (χ3v) is 3.21. The van der Waals surface area contributed by atoms with Gasteiger partial charge in [0.15, 0.2) is 5.76 Å². The second-order valence-electron chi connectivity index (χ2n) is 4.28. The summed E-state index contributed by atoms with van der Waals surface area (Å²) in [6, 6.07) is 3.68. The van der Waals surface area contributed by atoms with E-state index < -0.39 is 0 Å². The van der Waals surface area contributed by atoms with Crippen LogP contribution in [0, 0.1) is 5.92 Å². The van der Waals surface area contributed by atoms with E-state index in [4.69, 9.17) is 4.42 Å². The minimum absolute atomic E-state index is 0.0978. The average Bonchev–Trinajstić information content (AvgIpc) is 2.91. The lowest BCUT2D eigenvalue weighted by Crippen LogP contribution is -2.36. The van der Waals surface area contributed by atoms with Gasteiger partial charge in [0.2, 0.25) is 0 Å². The van der Waals surface area contributed by atoms with E-state index in [0.717, 1.165) is 0 Å². The third-order valence-electron chi connectivity index (χ3n) is 3.21. The average molecular weight is 207 g/mol. The fraction of sp³-hybridized carbons (Fsp3) is 0.583. The van der Waals surface area contributed by atoms with E-state index >= 15 is 0 Å². The lowest BCUT2D eigenvalue weighted by Gasteiger charge is -2.19. The van der Waals surface area contributed by atoms with E-state index in [2.05, 4.69) is 12.2 Å². The van der Waals surface area contributed by atoms with E-state index in [-0.39, 0.29) is 11.9 Å². The van der Waals surface area contributed by atoms with Crippen molar-refractivity contribution < 1.29 is 9.21 Å². The van der Waals surface area contributed by atoms with Gasteiger partial charge >= 0.3 is 0 Å². The number of rotatable bonds is 3. The number of amides is 1. The third kappa shape index (κ3) is 2.41. The highest BCUT2D eigenvalue weighted by molar-refractivity contribution is 5.91. The van der Waals surface area contributed by atoms with E-state index in [1.807, 2.05) is 0 Å². The number of furan rings is 1. The first-order chi connectivity index (χ1) is 7.27. The van der Waals surface area contributed by atoms with Crippen LogP contribution < -0.4 is 5.32 Å². The maximum atomic E-state index is 11.7. The molecule has 0 radical (unpaired) electrons. The summed E-state index contributed by atoms with van der Waals surface area (Å²) < 4.78 is 5.05. The normalized spacial score (nSPS) is 19.0. The summed E-state index contributed by atoms with van der Waals surface area (Å²) in [5.41, 5.74) is 0. The Balaban J connectivity index is 1.88. The molecule has 1 fully saturated rings. The second-order valence-corrected chi connectivity index (χ2v) is 4.28. The second kappa shape index (κ2) is 4.51. The molecule has 1 aliphatic carbocycles. The van der Waals surface area contributed by atoms with Crippen LogP contribution in [-0.4, -0.2) is 11.9 Å². The SMILES string of the molecule is CC(NC(=O)c1ccco1)C1CCCC1. The van der Waals surface area contributed by atoms with Gasteiger partial charge in [0.25, 0.3) is 5.91 Å². The predicted molar refractivity (Wildman–Crippen MR) is 57.6 cm³/mol. The molecule has 1 aliphatic rings. The predicted octanol–water partition coefficient (Wildman–Crippen LogP) is 2.59. The first-order valence-corrected chi connectivity index (χ1v) is 5.62. The zero-order valence-corrected chi connectivity index (χ0v) is 9.03. The van der Waals surface area contributed by atoms with Gasteiger partial charge in [0.1, 0.15) is 0 Å². The van der Waals surface area contributed by atoms with E-state index in [0.29, 0.717) is 11.7 Å². The molecule has 0 spiro atoms. The van der Waals surface area contributed by atoms with Crippen molar-refractivity contribution in [3.63, 3.8) is 0 Å². The Kier molecular flexibility index (Phi) is 3.09. The molecule has 1 unspecified atom stereocenters. The summed E-state index contributed by atoms with van der Waals surface area (Å²) in [5, 5.41) is 2.99. The van der Waals surface area contributed by atoms with Gasteiger partial charge in [-0.05, 0) is 37.8 Å². The van der Waals surface area contributed by atoms with Crippen molar-refractivity contribution in [1.82, 2.24) is 5.32 Å². The molecule has 1 aromatic heterocycles. The molecule has 0 aliphatic heterocycles. The number of carbonyl (C=O) groups excluding carboxylic acids is 1. The molecule has 0 saturated heterocycles. The zero-order valence-electron chi connectivity index (χ0n) is 9.03. The summed E-state index contributed by atoms with van der Waals surface area (Å²) in [7, 11) is 0. The van der Waals surface area contributed by atoms with Crippen molar-refractivity contribution in [1.29, 1.82) is 0 Å². The maximum Gasteiger partial charge on any atom is 0.287 e. The van der Waals surface area contributed by atoms with E-state index in [1.54, 1.807) is 12.1 Å². The molecule has 82 valence electrons. The van der Waals surface area contributed by atoms with Crippen LogP contribution in [0.3, 0.4) is 0 Å². The van der Waals surface area contributed by atoms with Gasteiger partial charge in [0.05, 0.1) is 6.26 Å². The lowest BCUT2D eigenvalue weighted by atomic mass is 10.00. The Morgan fingerprint density at radius 1 is 1.53 bits per heavy atom. The summed E-state index contributed by atoms with van der Waals surface area (Å²) >= 11 is 0. The Labute approximate surface area is 89.9 Å². The highest BCUT2D eigenvalue weighted by atomic mass is 16.3. The highest BCUT2D eigenvalue weighted by Gasteiger charge is 2.23. The molecule has 1 N–H and O–H groups in total. The van der Waals surface area contributed by atoms with Crippen molar-refractivity contribution in [3.8, 4) is 0 Å². The molecule has 0 aromatic carbocycles. The molecule has 3 heteroatoms. The van der Waals surface area contributed by atoms with Crippen LogP contribution in [0.15, 0.2) is 22.8 Å². The smallest absolute Gasteiger partial charge is 0.287 e. The molecule has 1 atom stereocenters. The molecular weight excluding hydrogens is 190 g/mol. The van der Waals surface area contributed by atoms with Crippen molar-refractivity contribution in [2.75, 3.05) is 0 Å². The summed E-state index contributed by atoms with van der Waals surface area (Å²) in [6.45, 7) is 2.08. The van der Waals surface area contributed by atoms with Crippen LogP contribution in [0.2, 0.25) is 0 Å². The van der Waals surface area contributed by atoms with Crippen molar-refractivity contribution in [2.45, 2.75) is 38.6 Å². The Hall–Kier alpha value is -1.25. The molecule has 1 heterocycles. The minimum Gasteiger partial charge on any atom is -0.459 e. The first-order valence-electron chi connectivity index (χ1n) is 5.62. The van der Waals surface area contributed by atoms with Crippen LogP contribution in [-0.2, 0) is 0 Å². The van der Waals surface area contributed by atoms with Gasteiger partial charge in [0, 0.05) is 6.04 Å². The van der Waals surface area contributed by atoms with Gasteiger partial charge < -0.3 is 9.73 Å². The van der Waals surface area contributed by atoms with Crippen LogP contribution >= 0.6 is 0 Å². The molecule has 0 bridgehead atoms. The van der Waals surface area contributed by atoms with Gasteiger partial charge in [-0.3, -0.25) is 4.79 Å². The topological polar surface area (TPSA) is 42.2 Å². The van der Waals surface area contributed by atoms with E-state index in [9.17, 15) is 4.79 Å². The van der Waals surface area contributed by atoms with Gasteiger partial charge in [-0.2, -0.15) is 0 Å². The van der Waals surface area contributed by atoms with Crippen molar-refractivity contribution in [3.05, 3.63) is 24.2 Å². The zero-order chi connectivity index (χ0) is 10.7. The van der Waals surface area contributed by atoms with E-state index in [1.165, 1.54) is 31.9 Å². The molecule has 1 aromatic rings. The maximum absolute atomic E-state index is 11.7. The fourth-order valence-corrected chi connectivity index (χ4v) is 2.26. The van der Waals surface area contributed by atoms with Gasteiger partial charge in [-0.15, -0.1) is 0 Å². The number of hydrogen-bond donors (Lipinski definition) is 1. The van der Waals surface area contributed by atoms with Crippen molar-refractivity contribution in [2.24, 2.45) is 5.92 Å². The van der Waals surface area contributed by atoms with Crippen LogP contribution in [0.25, 0.3) is 0 Å². The van der Waals surface area contributed by atoms with Crippen LogP contribution in [0.5, 0.6) is 0 Å². The molecular formula is C12H17NO2.